The molecule has 1 aromatic carbocycles. The number of hydrogen-bond acceptors (Lipinski definition) is 2. The summed E-state index contributed by atoms with van der Waals surface area (Å²) in [7, 11) is 1.65. The van der Waals surface area contributed by atoms with Crippen LogP contribution in [0.5, 0.6) is 5.75 Å². The lowest BCUT2D eigenvalue weighted by atomic mass is 9.97. The Morgan fingerprint density at radius 2 is 2.05 bits per heavy atom. The van der Waals surface area contributed by atoms with Gasteiger partial charge in [0.25, 0.3) is 0 Å². The molecule has 2 atom stereocenters. The minimum atomic E-state index is 0.120. The van der Waals surface area contributed by atoms with Crippen molar-refractivity contribution in [3.05, 3.63) is 58.9 Å². The van der Waals surface area contributed by atoms with E-state index in [2.05, 4.69) is 27.8 Å². The lowest BCUT2D eigenvalue weighted by Gasteiger charge is -2.20. The maximum Gasteiger partial charge on any atom is 0.124 e. The fraction of sp³-hybridized carbons (Fsp3) is 0.267. The zero-order valence-corrected chi connectivity index (χ0v) is 13.1. The van der Waals surface area contributed by atoms with Gasteiger partial charge in [-0.05, 0) is 24.3 Å². The molecule has 0 radical (unpaired) electrons. The highest BCUT2D eigenvalue weighted by Crippen LogP contribution is 2.41. The topological polar surface area (TPSA) is 22.1 Å². The third-order valence-corrected chi connectivity index (χ3v) is 4.61. The van der Waals surface area contributed by atoms with Crippen LogP contribution in [0.3, 0.4) is 0 Å². The molecule has 0 saturated carbocycles. The predicted octanol–water partition coefficient (Wildman–Crippen LogP) is 4.98. The average Bonchev–Trinajstić information content (AvgIpc) is 2.46. The standard InChI is InChI=1S/C15H15BrClNO/c1-10(13-5-3-4-8-18-13)15(16)12-7-6-11(17)9-14(12)19-2/h3-10,15H,1-2H3. The Morgan fingerprint density at radius 1 is 1.26 bits per heavy atom. The second-order valence-electron chi connectivity index (χ2n) is 4.33. The molecule has 0 saturated heterocycles. The third-order valence-electron chi connectivity index (χ3n) is 3.09. The van der Waals surface area contributed by atoms with Crippen molar-refractivity contribution in [2.24, 2.45) is 0 Å². The average molecular weight is 341 g/mol. The monoisotopic (exact) mass is 339 g/mol. The van der Waals surface area contributed by atoms with Crippen molar-refractivity contribution in [1.29, 1.82) is 0 Å². The van der Waals surface area contributed by atoms with Crippen LogP contribution in [0, 0.1) is 0 Å². The number of pyridine rings is 1. The molecule has 0 amide bonds. The maximum absolute atomic E-state index is 5.99. The SMILES string of the molecule is COc1cc(Cl)ccc1C(Br)C(C)c1ccccn1. The van der Waals surface area contributed by atoms with Crippen molar-refractivity contribution in [3.8, 4) is 5.75 Å². The number of ether oxygens (including phenoxy) is 1. The summed E-state index contributed by atoms with van der Waals surface area (Å²) < 4.78 is 5.40. The molecule has 1 heterocycles. The largest absolute Gasteiger partial charge is 0.496 e. The highest BCUT2D eigenvalue weighted by atomic mass is 79.9. The van der Waals surface area contributed by atoms with Crippen LogP contribution >= 0.6 is 27.5 Å². The van der Waals surface area contributed by atoms with Crippen molar-refractivity contribution >= 4 is 27.5 Å². The molecule has 0 aliphatic rings. The molecule has 2 nitrogen and oxygen atoms in total. The Bertz CT molecular complexity index is 547. The summed E-state index contributed by atoms with van der Waals surface area (Å²) in [4.78, 5) is 4.52. The van der Waals surface area contributed by atoms with Gasteiger partial charge in [0.1, 0.15) is 5.75 Å². The Labute approximate surface area is 126 Å². The first-order valence-corrected chi connectivity index (χ1v) is 7.31. The molecule has 0 bridgehead atoms. The second-order valence-corrected chi connectivity index (χ2v) is 5.75. The number of alkyl halides is 1. The summed E-state index contributed by atoms with van der Waals surface area (Å²) in [5.74, 6) is 1.02. The molecule has 1 aromatic heterocycles. The summed E-state index contributed by atoms with van der Waals surface area (Å²) in [6.07, 6.45) is 1.81. The Balaban J connectivity index is 2.31. The summed E-state index contributed by atoms with van der Waals surface area (Å²) in [6.45, 7) is 2.13. The number of aromatic nitrogens is 1. The Kier molecular flexibility index (Phi) is 4.83. The van der Waals surface area contributed by atoms with E-state index in [9.17, 15) is 0 Å². The van der Waals surface area contributed by atoms with Gasteiger partial charge in [-0.3, -0.25) is 4.98 Å². The lowest BCUT2D eigenvalue weighted by Crippen LogP contribution is -2.05. The van der Waals surface area contributed by atoms with Gasteiger partial charge in [0, 0.05) is 28.4 Å². The molecule has 0 spiro atoms. The Morgan fingerprint density at radius 3 is 2.68 bits per heavy atom. The number of methoxy groups -OCH3 is 1. The molecule has 0 N–H and O–H groups in total. The molecule has 100 valence electrons. The molecule has 0 fully saturated rings. The zero-order valence-electron chi connectivity index (χ0n) is 10.8. The first-order chi connectivity index (χ1) is 9.13. The van der Waals surface area contributed by atoms with E-state index >= 15 is 0 Å². The van der Waals surface area contributed by atoms with Gasteiger partial charge in [0.15, 0.2) is 0 Å². The summed E-state index contributed by atoms with van der Waals surface area (Å²) in [5.41, 5.74) is 2.12. The highest BCUT2D eigenvalue weighted by Gasteiger charge is 2.22. The van der Waals surface area contributed by atoms with Gasteiger partial charge in [-0.15, -0.1) is 0 Å². The zero-order chi connectivity index (χ0) is 13.8. The number of hydrogen-bond donors (Lipinski definition) is 0. The van der Waals surface area contributed by atoms with Gasteiger partial charge < -0.3 is 4.74 Å². The van der Waals surface area contributed by atoms with E-state index in [-0.39, 0.29) is 10.7 Å². The molecule has 0 aliphatic heterocycles. The van der Waals surface area contributed by atoms with Crippen molar-refractivity contribution in [3.63, 3.8) is 0 Å². The number of nitrogens with zero attached hydrogens (tertiary/aromatic N) is 1. The van der Waals surface area contributed by atoms with Gasteiger partial charge in [-0.1, -0.05) is 46.6 Å². The van der Waals surface area contributed by atoms with E-state index in [1.54, 1.807) is 7.11 Å². The van der Waals surface area contributed by atoms with Crippen LogP contribution in [0.4, 0.5) is 0 Å². The number of halogens is 2. The normalized spacial score (nSPS) is 13.9. The van der Waals surface area contributed by atoms with Crippen molar-refractivity contribution in [2.75, 3.05) is 7.11 Å². The molecular formula is C15H15BrClNO. The van der Waals surface area contributed by atoms with Gasteiger partial charge in [0.2, 0.25) is 0 Å². The fourth-order valence-electron chi connectivity index (χ4n) is 1.98. The van der Waals surface area contributed by atoms with Crippen LogP contribution in [0.15, 0.2) is 42.6 Å². The molecule has 0 aliphatic carbocycles. The van der Waals surface area contributed by atoms with Crippen LogP contribution in [0.2, 0.25) is 5.02 Å². The maximum atomic E-state index is 5.99. The minimum Gasteiger partial charge on any atom is -0.496 e. The van der Waals surface area contributed by atoms with Gasteiger partial charge in [0.05, 0.1) is 11.9 Å². The van der Waals surface area contributed by atoms with Crippen LogP contribution in [0.25, 0.3) is 0 Å². The van der Waals surface area contributed by atoms with E-state index in [1.807, 2.05) is 42.6 Å². The number of rotatable bonds is 4. The van der Waals surface area contributed by atoms with Gasteiger partial charge in [-0.2, -0.15) is 0 Å². The van der Waals surface area contributed by atoms with E-state index in [4.69, 9.17) is 16.3 Å². The van der Waals surface area contributed by atoms with Crippen LogP contribution in [-0.2, 0) is 0 Å². The van der Waals surface area contributed by atoms with E-state index in [0.29, 0.717) is 5.02 Å². The molecular weight excluding hydrogens is 326 g/mol. The summed E-state index contributed by atoms with van der Waals surface area (Å²) in [5, 5.41) is 0.672. The first kappa shape index (κ1) is 14.4. The van der Waals surface area contributed by atoms with Gasteiger partial charge in [-0.25, -0.2) is 0 Å². The number of benzene rings is 1. The fourth-order valence-corrected chi connectivity index (χ4v) is 2.79. The molecule has 2 unspecified atom stereocenters. The van der Waals surface area contributed by atoms with Crippen molar-refractivity contribution < 1.29 is 4.74 Å². The molecule has 2 rings (SSSR count). The van der Waals surface area contributed by atoms with E-state index in [1.165, 1.54) is 0 Å². The quantitative estimate of drug-likeness (QED) is 0.732. The Hall–Kier alpha value is -1.06. The van der Waals surface area contributed by atoms with E-state index < -0.39 is 0 Å². The van der Waals surface area contributed by atoms with Crippen LogP contribution in [-0.4, -0.2) is 12.1 Å². The lowest BCUT2D eigenvalue weighted by molar-refractivity contribution is 0.408. The smallest absolute Gasteiger partial charge is 0.124 e. The predicted molar refractivity (Wildman–Crippen MR) is 82.3 cm³/mol. The summed E-state index contributed by atoms with van der Waals surface area (Å²) in [6, 6.07) is 11.6. The molecule has 2 aromatic rings. The van der Waals surface area contributed by atoms with Gasteiger partial charge >= 0.3 is 0 Å². The molecule has 19 heavy (non-hydrogen) atoms. The van der Waals surface area contributed by atoms with E-state index in [0.717, 1.165) is 17.0 Å². The highest BCUT2D eigenvalue weighted by molar-refractivity contribution is 9.09. The minimum absolute atomic E-state index is 0.120. The summed E-state index contributed by atoms with van der Waals surface area (Å²) >= 11 is 9.73. The first-order valence-electron chi connectivity index (χ1n) is 6.02. The molecule has 4 heteroatoms. The van der Waals surface area contributed by atoms with Crippen molar-refractivity contribution in [2.45, 2.75) is 17.7 Å². The second kappa shape index (κ2) is 6.40. The van der Waals surface area contributed by atoms with Crippen LogP contribution < -0.4 is 4.74 Å². The van der Waals surface area contributed by atoms with Crippen LogP contribution in [0.1, 0.15) is 28.9 Å². The third kappa shape index (κ3) is 3.28. The van der Waals surface area contributed by atoms with Crippen molar-refractivity contribution in [1.82, 2.24) is 4.98 Å².